The highest BCUT2D eigenvalue weighted by molar-refractivity contribution is 5.97. The second kappa shape index (κ2) is 6.45. The molecule has 3 heteroatoms. The Morgan fingerprint density at radius 2 is 1.87 bits per heavy atom. The lowest BCUT2D eigenvalue weighted by molar-refractivity contribution is -0.117. The molecule has 0 saturated carbocycles. The van der Waals surface area contributed by atoms with Gasteiger partial charge >= 0.3 is 0 Å². The van der Waals surface area contributed by atoms with Crippen LogP contribution < -0.4 is 10.2 Å². The SMILES string of the molecule is Cc1cc(C)cc(NCC(=O)N2c3ccccc3CCC2C)c1. The topological polar surface area (TPSA) is 32.3 Å². The summed E-state index contributed by atoms with van der Waals surface area (Å²) >= 11 is 0. The first-order valence-corrected chi connectivity index (χ1v) is 8.27. The number of amides is 1. The summed E-state index contributed by atoms with van der Waals surface area (Å²) in [4.78, 5) is 14.7. The minimum absolute atomic E-state index is 0.129. The van der Waals surface area contributed by atoms with Gasteiger partial charge in [0.05, 0.1) is 6.54 Å². The highest BCUT2D eigenvalue weighted by atomic mass is 16.2. The van der Waals surface area contributed by atoms with Crippen molar-refractivity contribution in [2.24, 2.45) is 0 Å². The van der Waals surface area contributed by atoms with Gasteiger partial charge in [0.2, 0.25) is 5.91 Å². The molecular weight excluding hydrogens is 284 g/mol. The molecule has 3 rings (SSSR count). The van der Waals surface area contributed by atoms with Crippen molar-refractivity contribution in [2.45, 2.75) is 39.7 Å². The third-order valence-electron chi connectivity index (χ3n) is 4.46. The number of aryl methyl sites for hydroxylation is 3. The minimum Gasteiger partial charge on any atom is -0.376 e. The summed E-state index contributed by atoms with van der Waals surface area (Å²) in [6.07, 6.45) is 2.07. The lowest BCUT2D eigenvalue weighted by Gasteiger charge is -2.35. The van der Waals surface area contributed by atoms with E-state index < -0.39 is 0 Å². The highest BCUT2D eigenvalue weighted by Crippen LogP contribution is 2.30. The molecule has 120 valence electrons. The molecule has 0 aliphatic carbocycles. The predicted molar refractivity (Wildman–Crippen MR) is 96.1 cm³/mol. The average molecular weight is 308 g/mol. The number of hydrogen-bond donors (Lipinski definition) is 1. The highest BCUT2D eigenvalue weighted by Gasteiger charge is 2.27. The normalized spacial score (nSPS) is 16.8. The Kier molecular flexibility index (Phi) is 4.37. The molecule has 1 aliphatic heterocycles. The zero-order valence-electron chi connectivity index (χ0n) is 14.1. The van der Waals surface area contributed by atoms with Gasteiger partial charge in [0.15, 0.2) is 0 Å². The van der Waals surface area contributed by atoms with Crippen molar-refractivity contribution >= 4 is 17.3 Å². The fourth-order valence-corrected chi connectivity index (χ4v) is 3.41. The first-order valence-electron chi connectivity index (χ1n) is 8.27. The molecule has 23 heavy (non-hydrogen) atoms. The standard InChI is InChI=1S/C20H24N2O/c1-14-10-15(2)12-18(11-14)21-13-20(23)22-16(3)8-9-17-6-4-5-7-19(17)22/h4-7,10-12,16,21H,8-9,13H2,1-3H3. The molecule has 2 aromatic carbocycles. The van der Waals surface area contributed by atoms with Crippen LogP contribution in [0.2, 0.25) is 0 Å². The molecule has 0 fully saturated rings. The van der Waals surface area contributed by atoms with Gasteiger partial charge in [0.25, 0.3) is 0 Å². The first kappa shape index (κ1) is 15.6. The summed E-state index contributed by atoms with van der Waals surface area (Å²) in [5, 5.41) is 3.28. The molecule has 1 amide bonds. The van der Waals surface area contributed by atoms with Crippen molar-refractivity contribution in [3.05, 3.63) is 59.2 Å². The van der Waals surface area contributed by atoms with Gasteiger partial charge in [0.1, 0.15) is 0 Å². The Morgan fingerprint density at radius 1 is 1.17 bits per heavy atom. The lowest BCUT2D eigenvalue weighted by Crippen LogP contribution is -2.44. The van der Waals surface area contributed by atoms with E-state index in [4.69, 9.17) is 0 Å². The number of nitrogens with one attached hydrogen (secondary N) is 1. The maximum Gasteiger partial charge on any atom is 0.246 e. The van der Waals surface area contributed by atoms with Crippen LogP contribution in [-0.4, -0.2) is 18.5 Å². The Balaban J connectivity index is 1.75. The number of benzene rings is 2. The van der Waals surface area contributed by atoms with E-state index in [9.17, 15) is 4.79 Å². The fourth-order valence-electron chi connectivity index (χ4n) is 3.41. The van der Waals surface area contributed by atoms with Crippen molar-refractivity contribution in [3.8, 4) is 0 Å². The number of fused-ring (bicyclic) bond motifs is 1. The van der Waals surface area contributed by atoms with E-state index in [0.717, 1.165) is 24.2 Å². The van der Waals surface area contributed by atoms with E-state index in [1.54, 1.807) is 0 Å². The van der Waals surface area contributed by atoms with Gasteiger partial charge in [-0.3, -0.25) is 4.79 Å². The van der Waals surface area contributed by atoms with Gasteiger partial charge in [-0.2, -0.15) is 0 Å². The predicted octanol–water partition coefficient (Wildman–Crippen LogP) is 4.08. The Morgan fingerprint density at radius 3 is 2.61 bits per heavy atom. The number of hydrogen-bond acceptors (Lipinski definition) is 2. The van der Waals surface area contributed by atoms with Gasteiger partial charge < -0.3 is 10.2 Å². The van der Waals surface area contributed by atoms with Crippen LogP contribution in [0.1, 0.15) is 30.0 Å². The average Bonchev–Trinajstić information content (AvgIpc) is 2.51. The van der Waals surface area contributed by atoms with Crippen molar-refractivity contribution in [3.63, 3.8) is 0 Å². The molecule has 1 atom stereocenters. The second-order valence-corrected chi connectivity index (χ2v) is 6.51. The molecule has 0 bridgehead atoms. The van der Waals surface area contributed by atoms with Crippen LogP contribution in [-0.2, 0) is 11.2 Å². The quantitative estimate of drug-likeness (QED) is 0.926. The Labute approximate surface area is 138 Å². The molecule has 1 unspecified atom stereocenters. The molecule has 1 heterocycles. The largest absolute Gasteiger partial charge is 0.376 e. The summed E-state index contributed by atoms with van der Waals surface area (Å²) in [5.74, 6) is 0.129. The van der Waals surface area contributed by atoms with Crippen LogP contribution in [0.3, 0.4) is 0 Å². The van der Waals surface area contributed by atoms with E-state index in [-0.39, 0.29) is 11.9 Å². The van der Waals surface area contributed by atoms with E-state index in [1.165, 1.54) is 16.7 Å². The Hall–Kier alpha value is -2.29. The van der Waals surface area contributed by atoms with Crippen LogP contribution in [0.15, 0.2) is 42.5 Å². The van der Waals surface area contributed by atoms with Crippen molar-refractivity contribution in [1.29, 1.82) is 0 Å². The molecule has 0 spiro atoms. The third-order valence-corrected chi connectivity index (χ3v) is 4.46. The van der Waals surface area contributed by atoms with Crippen molar-refractivity contribution in [1.82, 2.24) is 0 Å². The number of carbonyl (C=O) groups excluding carboxylic acids is 1. The van der Waals surface area contributed by atoms with Crippen molar-refractivity contribution < 1.29 is 4.79 Å². The second-order valence-electron chi connectivity index (χ2n) is 6.51. The van der Waals surface area contributed by atoms with Gasteiger partial charge in [-0.15, -0.1) is 0 Å². The van der Waals surface area contributed by atoms with E-state index in [2.05, 4.69) is 56.4 Å². The number of anilines is 2. The number of nitrogens with zero attached hydrogens (tertiary/aromatic N) is 1. The van der Waals surface area contributed by atoms with Crippen LogP contribution in [0.25, 0.3) is 0 Å². The summed E-state index contributed by atoms with van der Waals surface area (Å²) in [6, 6.07) is 14.8. The summed E-state index contributed by atoms with van der Waals surface area (Å²) in [5.41, 5.74) is 5.76. The summed E-state index contributed by atoms with van der Waals surface area (Å²) in [6.45, 7) is 6.60. The lowest BCUT2D eigenvalue weighted by atomic mass is 9.96. The summed E-state index contributed by atoms with van der Waals surface area (Å²) < 4.78 is 0. The summed E-state index contributed by atoms with van der Waals surface area (Å²) in [7, 11) is 0. The molecular formula is C20H24N2O. The van der Waals surface area contributed by atoms with Crippen LogP contribution in [0.5, 0.6) is 0 Å². The smallest absolute Gasteiger partial charge is 0.246 e. The first-order chi connectivity index (χ1) is 11.0. The Bertz CT molecular complexity index is 703. The molecule has 3 nitrogen and oxygen atoms in total. The van der Waals surface area contributed by atoms with E-state index >= 15 is 0 Å². The molecule has 1 aliphatic rings. The minimum atomic E-state index is 0.129. The van der Waals surface area contributed by atoms with Gasteiger partial charge in [0, 0.05) is 17.4 Å². The van der Waals surface area contributed by atoms with Crippen LogP contribution >= 0.6 is 0 Å². The van der Waals surface area contributed by atoms with Crippen LogP contribution in [0.4, 0.5) is 11.4 Å². The zero-order chi connectivity index (χ0) is 16.4. The van der Waals surface area contributed by atoms with E-state index in [0.29, 0.717) is 6.54 Å². The number of rotatable bonds is 3. The molecule has 0 radical (unpaired) electrons. The maximum absolute atomic E-state index is 12.8. The van der Waals surface area contributed by atoms with E-state index in [1.807, 2.05) is 17.0 Å². The molecule has 0 saturated heterocycles. The maximum atomic E-state index is 12.8. The zero-order valence-corrected chi connectivity index (χ0v) is 14.1. The van der Waals surface area contributed by atoms with Crippen LogP contribution in [0, 0.1) is 13.8 Å². The molecule has 0 aromatic heterocycles. The molecule has 1 N–H and O–H groups in total. The number of para-hydroxylation sites is 1. The van der Waals surface area contributed by atoms with Crippen molar-refractivity contribution in [2.75, 3.05) is 16.8 Å². The molecule has 2 aromatic rings. The third kappa shape index (κ3) is 3.39. The monoisotopic (exact) mass is 308 g/mol. The van der Waals surface area contributed by atoms with Gasteiger partial charge in [-0.05, 0) is 68.5 Å². The van der Waals surface area contributed by atoms with Gasteiger partial charge in [-0.1, -0.05) is 24.3 Å². The van der Waals surface area contributed by atoms with Gasteiger partial charge in [-0.25, -0.2) is 0 Å². The fraction of sp³-hybridized carbons (Fsp3) is 0.350. The number of carbonyl (C=O) groups is 1.